The van der Waals surface area contributed by atoms with Crippen molar-refractivity contribution in [1.82, 2.24) is 4.57 Å². The first kappa shape index (κ1) is 8.92. The fourth-order valence-electron chi connectivity index (χ4n) is 2.18. The van der Waals surface area contributed by atoms with Gasteiger partial charge in [-0.2, -0.15) is 0 Å². The van der Waals surface area contributed by atoms with Crippen molar-refractivity contribution >= 4 is 11.0 Å². The second kappa shape index (κ2) is 4.23. The van der Waals surface area contributed by atoms with E-state index in [1.807, 2.05) is 28.8 Å². The lowest BCUT2D eigenvalue weighted by Crippen LogP contribution is -2.49. The molecule has 2 nitrogen and oxygen atoms in total. The molecule has 0 saturated heterocycles. The lowest BCUT2D eigenvalue weighted by Gasteiger charge is -2.18. The van der Waals surface area contributed by atoms with Crippen LogP contribution < -0.4 is 4.57 Å². The van der Waals surface area contributed by atoms with E-state index in [1.165, 1.54) is 0 Å². The van der Waals surface area contributed by atoms with E-state index in [0.29, 0.717) is 5.69 Å². The summed E-state index contributed by atoms with van der Waals surface area (Å²) in [7, 11) is 0. The summed E-state index contributed by atoms with van der Waals surface area (Å²) >= 11 is 0. The van der Waals surface area contributed by atoms with Gasteiger partial charge in [0.05, 0.1) is 26.4 Å². The maximum atomic E-state index is 8.16. The van der Waals surface area contributed by atoms with Crippen LogP contribution in [0.25, 0.3) is 16.7 Å². The molecule has 0 fully saturated rings. The second-order valence-corrected chi connectivity index (χ2v) is 5.54. The van der Waals surface area contributed by atoms with Crippen LogP contribution in [0.3, 0.4) is 0 Å². The van der Waals surface area contributed by atoms with Crippen LogP contribution in [0.2, 0.25) is 0 Å². The normalized spacial score (nSPS) is 14.2. The third kappa shape index (κ3) is 2.03. The van der Waals surface area contributed by atoms with Gasteiger partial charge in [0, 0.05) is 0 Å². The quantitative estimate of drug-likeness (QED) is 0.464. The van der Waals surface area contributed by atoms with Gasteiger partial charge in [-0.15, -0.1) is 0 Å². The van der Waals surface area contributed by atoms with Gasteiger partial charge in [0.25, 0.3) is 0 Å². The van der Waals surface area contributed by atoms with E-state index in [1.54, 1.807) is 16.7 Å². The Morgan fingerprint density at radius 2 is 1.89 bits per heavy atom. The first-order chi connectivity index (χ1) is 10.3. The van der Waals surface area contributed by atoms with E-state index in [4.69, 9.17) is 4.11 Å². The van der Waals surface area contributed by atoms with Crippen LogP contribution in [0.1, 0.15) is 24.9 Å². The van der Waals surface area contributed by atoms with Crippen LogP contribution in [0.15, 0.2) is 54.5 Å². The molecule has 0 aliphatic rings. The number of imidazole rings is 1. The molecule has 0 unspecified atom stereocenters. The van der Waals surface area contributed by atoms with Crippen LogP contribution >= 0.6 is 0 Å². The predicted octanol–water partition coefficient (Wildman–Crippen LogP) is 3.47. The number of benzene rings is 2. The van der Waals surface area contributed by atoms with Gasteiger partial charge >= 0.3 is 0 Å². The Balaban J connectivity index is 2.36. The molecule has 0 aliphatic carbocycles. The average Bonchev–Trinajstić information content (AvgIpc) is 2.85. The number of hydrogen-bond acceptors (Lipinski definition) is 0. The topological polar surface area (TPSA) is 8.81 Å². The minimum atomic E-state index is -0.147. The minimum absolute atomic E-state index is 0.0468. The van der Waals surface area contributed by atoms with Gasteiger partial charge in [-0.25, -0.2) is 0 Å². The maximum Gasteiger partial charge on any atom is 0.244 e. The molecule has 0 atom stereocenters. The summed E-state index contributed by atoms with van der Waals surface area (Å²) in [5, 5.41) is 0. The predicted molar refractivity (Wildman–Crippen MR) is 77.3 cm³/mol. The highest BCUT2D eigenvalue weighted by Crippen LogP contribution is 2.19. The molecule has 0 saturated carbocycles. The van der Waals surface area contributed by atoms with Crippen molar-refractivity contribution in [1.29, 1.82) is 0 Å². The maximum absolute atomic E-state index is 8.16. The van der Waals surface area contributed by atoms with Gasteiger partial charge in [0.15, 0.2) is 0 Å². The zero-order valence-corrected chi connectivity index (χ0v) is 11.4. The Bertz CT molecular complexity index is 860. The molecular weight excluding hydrogens is 232 g/mol. The summed E-state index contributed by atoms with van der Waals surface area (Å²) in [6, 6.07) is 11.2. The summed E-state index contributed by atoms with van der Waals surface area (Å²) in [6.07, 6.45) is 3.30. The molecule has 2 aromatic carbocycles. The summed E-state index contributed by atoms with van der Waals surface area (Å²) in [4.78, 5) is 0. The van der Waals surface area contributed by atoms with Crippen LogP contribution in [0, 0.1) is 6.33 Å². The van der Waals surface area contributed by atoms with Crippen molar-refractivity contribution in [3.63, 3.8) is 0 Å². The van der Waals surface area contributed by atoms with Crippen molar-refractivity contribution in [3.8, 4) is 5.69 Å². The van der Waals surface area contributed by atoms with Gasteiger partial charge in [0.1, 0.15) is 0 Å². The smallest absolute Gasteiger partial charge is 0.244 e. The number of aromatic nitrogens is 2. The van der Waals surface area contributed by atoms with Crippen LogP contribution in [0.4, 0.5) is 0 Å². The Morgan fingerprint density at radius 3 is 2.68 bits per heavy atom. The molecule has 2 heteroatoms. The first-order valence-electron chi connectivity index (χ1n) is 7.83. The molecule has 96 valence electrons. The molecule has 0 amide bonds. The molecule has 1 heterocycles. The van der Waals surface area contributed by atoms with Gasteiger partial charge in [-0.1, -0.05) is 54.5 Å². The van der Waals surface area contributed by atoms with E-state index in [0.717, 1.165) is 11.0 Å². The molecule has 19 heavy (non-hydrogen) atoms. The highest BCUT2D eigenvalue weighted by molar-refractivity contribution is 5.73. The molecule has 1 aromatic heterocycles. The zero-order valence-electron chi connectivity index (χ0n) is 14.4. The fourth-order valence-corrected chi connectivity index (χ4v) is 2.18. The highest BCUT2D eigenvalue weighted by Gasteiger charge is 2.20. The monoisotopic (exact) mass is 253 g/mol. The molecule has 0 N–H and O–H groups in total. The Hall–Kier alpha value is -2.09. The average molecular weight is 253 g/mol. The number of para-hydroxylation sites is 3. The molecule has 0 radical (unpaired) electrons. The minimum Gasteiger partial charge on any atom is -0.319 e. The molecule has 3 rings (SSSR count). The van der Waals surface area contributed by atoms with Gasteiger partial charge < -0.3 is 9.13 Å². The summed E-state index contributed by atoms with van der Waals surface area (Å²) in [5.41, 5.74) is 2.38. The van der Waals surface area contributed by atoms with Crippen molar-refractivity contribution in [2.24, 2.45) is 0 Å². The number of hydrogen-bond donors (Lipinski definition) is 0. The van der Waals surface area contributed by atoms with E-state index < -0.39 is 0 Å². The summed E-state index contributed by atoms with van der Waals surface area (Å²) < 4.78 is 27.5. The highest BCUT2D eigenvalue weighted by atomic mass is 15.2. The van der Waals surface area contributed by atoms with E-state index >= 15 is 0 Å². The van der Waals surface area contributed by atoms with Gasteiger partial charge in [0.2, 0.25) is 6.33 Å². The number of rotatable bonds is 1. The molecule has 0 bridgehead atoms. The Kier molecular flexibility index (Phi) is 1.99. The SMILES string of the molecule is [2H]c1ccc(-n2[c-][n+](C(C)(C)C)c3ccccc32)c([2H])c1[2H]. The van der Waals surface area contributed by atoms with E-state index in [-0.39, 0.29) is 23.7 Å². The van der Waals surface area contributed by atoms with Crippen molar-refractivity contribution in [3.05, 3.63) is 60.9 Å². The van der Waals surface area contributed by atoms with Gasteiger partial charge in [-0.05, 0) is 20.8 Å². The standard InChI is InChI=1S/C17H18N2/c1-17(2,3)19-13-18(14-9-5-4-6-10-14)15-11-7-8-12-16(15)19/h4-12H,1-3H3/i4D,5D,9D. The summed E-state index contributed by atoms with van der Waals surface area (Å²) in [6.45, 7) is 6.31. The molecule has 0 aliphatic heterocycles. The molecule has 0 spiro atoms. The van der Waals surface area contributed by atoms with Crippen molar-refractivity contribution in [2.45, 2.75) is 26.3 Å². The molecular formula is C17H18N2. The Morgan fingerprint density at radius 1 is 1.11 bits per heavy atom. The van der Waals surface area contributed by atoms with Gasteiger partial charge in [-0.3, -0.25) is 0 Å². The lowest BCUT2D eigenvalue weighted by atomic mass is 10.1. The van der Waals surface area contributed by atoms with E-state index in [9.17, 15) is 0 Å². The number of fused-ring (bicyclic) bond motifs is 1. The lowest BCUT2D eigenvalue weighted by molar-refractivity contribution is -0.734. The number of nitrogens with zero attached hydrogens (tertiary/aromatic N) is 2. The van der Waals surface area contributed by atoms with Crippen molar-refractivity contribution < 1.29 is 8.68 Å². The second-order valence-electron chi connectivity index (χ2n) is 5.54. The Labute approximate surface area is 118 Å². The van der Waals surface area contributed by atoms with E-state index in [2.05, 4.69) is 27.1 Å². The largest absolute Gasteiger partial charge is 0.319 e. The van der Waals surface area contributed by atoms with Crippen molar-refractivity contribution in [2.75, 3.05) is 0 Å². The van der Waals surface area contributed by atoms with Crippen LogP contribution in [0.5, 0.6) is 0 Å². The zero-order chi connectivity index (χ0) is 16.1. The first-order valence-corrected chi connectivity index (χ1v) is 6.33. The third-order valence-electron chi connectivity index (χ3n) is 3.06. The summed E-state index contributed by atoms with van der Waals surface area (Å²) in [5.74, 6) is 0. The van der Waals surface area contributed by atoms with Crippen LogP contribution in [-0.2, 0) is 5.54 Å². The van der Waals surface area contributed by atoms with Crippen LogP contribution in [-0.4, -0.2) is 4.57 Å². The molecule has 3 aromatic rings. The third-order valence-corrected chi connectivity index (χ3v) is 3.06. The fraction of sp³-hybridized carbons (Fsp3) is 0.235.